The number of thiol groups is 1. The molecule has 0 aliphatic carbocycles. The lowest BCUT2D eigenvalue weighted by Crippen LogP contribution is -2.58. The smallest absolute Gasteiger partial charge is 0.306 e. The van der Waals surface area contributed by atoms with Gasteiger partial charge in [0.05, 0.1) is 0 Å². The monoisotopic (exact) mass is 575 g/mol. The van der Waals surface area contributed by atoms with E-state index in [1.54, 1.807) is 20.8 Å². The first-order chi connectivity index (χ1) is 17.7. The predicted octanol–water partition coefficient (Wildman–Crippen LogP) is -0.258. The highest BCUT2D eigenvalue weighted by atomic mass is 32.2. The third kappa shape index (κ3) is 11.5. The van der Waals surface area contributed by atoms with E-state index in [-0.39, 0.29) is 25.0 Å². The number of likely N-dealkylation sites (tertiary alicyclic amines) is 1. The second-order valence-electron chi connectivity index (χ2n) is 10.1. The topological polar surface area (TPSA) is 177 Å². The van der Waals surface area contributed by atoms with Crippen LogP contribution in [0.4, 0.5) is 0 Å². The van der Waals surface area contributed by atoms with Crippen LogP contribution in [0.15, 0.2) is 0 Å². The lowest BCUT2D eigenvalue weighted by molar-refractivity contribution is -0.155. The summed E-state index contributed by atoms with van der Waals surface area (Å²) in [6, 6.07) is -3.82. The molecule has 0 bridgehead atoms. The summed E-state index contributed by atoms with van der Waals surface area (Å²) in [7, 11) is 0. The summed E-state index contributed by atoms with van der Waals surface area (Å²) in [5.74, 6) is -2.73. The highest BCUT2D eigenvalue weighted by Gasteiger charge is 2.39. The summed E-state index contributed by atoms with van der Waals surface area (Å²) in [6.45, 7) is 6.73. The van der Waals surface area contributed by atoms with Gasteiger partial charge in [-0.3, -0.25) is 28.8 Å². The van der Waals surface area contributed by atoms with Gasteiger partial charge < -0.3 is 31.3 Å². The van der Waals surface area contributed by atoms with E-state index in [1.165, 1.54) is 23.6 Å². The van der Waals surface area contributed by atoms with Gasteiger partial charge in [-0.15, -0.1) is 0 Å². The van der Waals surface area contributed by atoms with E-state index in [4.69, 9.17) is 10.5 Å². The fraction of sp³-hybridized carbons (Fsp3) is 0.750. The van der Waals surface area contributed by atoms with Crippen molar-refractivity contribution in [2.24, 2.45) is 5.73 Å². The molecule has 0 saturated carbocycles. The number of ether oxygens (including phenoxy) is 1. The van der Waals surface area contributed by atoms with E-state index in [1.807, 2.05) is 6.26 Å². The number of primary amides is 1. The van der Waals surface area contributed by atoms with Crippen molar-refractivity contribution in [1.29, 1.82) is 0 Å². The summed E-state index contributed by atoms with van der Waals surface area (Å²) >= 11 is 5.52. The first kappa shape index (κ1) is 33.5. The molecule has 4 unspecified atom stereocenters. The number of nitrogens with zero attached hydrogens (tertiary/aromatic N) is 1. The molecule has 4 atom stereocenters. The van der Waals surface area contributed by atoms with Gasteiger partial charge in [0.25, 0.3) is 0 Å². The minimum absolute atomic E-state index is 0.0159. The first-order valence-electron chi connectivity index (χ1n) is 12.5. The summed E-state index contributed by atoms with van der Waals surface area (Å²) in [5, 5.41) is 7.77. The number of hydrogen-bond acceptors (Lipinski definition) is 9. The van der Waals surface area contributed by atoms with Gasteiger partial charge in [-0.1, -0.05) is 0 Å². The Bertz CT molecular complexity index is 881. The van der Waals surface area contributed by atoms with E-state index >= 15 is 0 Å². The van der Waals surface area contributed by atoms with Crippen molar-refractivity contribution in [1.82, 2.24) is 20.9 Å². The molecule has 0 radical (unpaired) electrons. The Morgan fingerprint density at radius 3 is 2.24 bits per heavy atom. The second-order valence-corrected chi connectivity index (χ2v) is 11.4. The maximum absolute atomic E-state index is 13.5. The Labute approximate surface area is 233 Å². The number of thioether (sulfide) groups is 1. The van der Waals surface area contributed by atoms with Gasteiger partial charge in [-0.2, -0.15) is 24.4 Å². The van der Waals surface area contributed by atoms with Gasteiger partial charge in [0, 0.05) is 25.6 Å². The molecule has 0 spiro atoms. The largest absolute Gasteiger partial charge is 0.460 e. The third-order valence-electron chi connectivity index (χ3n) is 5.66. The van der Waals surface area contributed by atoms with Crippen LogP contribution in [0.5, 0.6) is 0 Å². The van der Waals surface area contributed by atoms with Gasteiger partial charge >= 0.3 is 5.97 Å². The first-order valence-corrected chi connectivity index (χ1v) is 14.5. The van der Waals surface area contributed by atoms with Crippen LogP contribution in [0.3, 0.4) is 0 Å². The number of amides is 5. The van der Waals surface area contributed by atoms with Gasteiger partial charge in [0.2, 0.25) is 29.5 Å². The molecule has 5 N–H and O–H groups in total. The molecule has 0 aromatic carbocycles. The average Bonchev–Trinajstić information content (AvgIpc) is 3.30. The summed E-state index contributed by atoms with van der Waals surface area (Å²) in [6.07, 6.45) is 2.98. The van der Waals surface area contributed by atoms with E-state index < -0.39 is 65.3 Å². The van der Waals surface area contributed by atoms with Crippen LogP contribution in [0.1, 0.15) is 59.8 Å². The van der Waals surface area contributed by atoms with Crippen molar-refractivity contribution in [2.45, 2.75) is 89.6 Å². The molecular weight excluding hydrogens is 534 g/mol. The zero-order valence-corrected chi connectivity index (χ0v) is 24.4. The Morgan fingerprint density at radius 2 is 1.71 bits per heavy atom. The molecule has 14 heteroatoms. The van der Waals surface area contributed by atoms with Gasteiger partial charge in [0.1, 0.15) is 29.8 Å². The van der Waals surface area contributed by atoms with Crippen molar-refractivity contribution >= 4 is 59.9 Å². The van der Waals surface area contributed by atoms with Crippen molar-refractivity contribution in [2.75, 3.05) is 24.3 Å². The van der Waals surface area contributed by atoms with Crippen LogP contribution >= 0.6 is 24.4 Å². The Morgan fingerprint density at radius 1 is 1.05 bits per heavy atom. The predicted molar refractivity (Wildman–Crippen MR) is 147 cm³/mol. The zero-order valence-electron chi connectivity index (χ0n) is 22.7. The second kappa shape index (κ2) is 15.8. The highest BCUT2D eigenvalue weighted by molar-refractivity contribution is 7.98. The molecule has 1 heterocycles. The molecule has 216 valence electrons. The Hall–Kier alpha value is -2.48. The van der Waals surface area contributed by atoms with Crippen LogP contribution in [0.25, 0.3) is 0 Å². The normalized spacial score (nSPS) is 17.6. The molecule has 5 amide bonds. The van der Waals surface area contributed by atoms with E-state index in [0.717, 1.165) is 0 Å². The van der Waals surface area contributed by atoms with E-state index in [2.05, 4.69) is 28.6 Å². The van der Waals surface area contributed by atoms with Crippen LogP contribution < -0.4 is 21.7 Å². The molecule has 1 fully saturated rings. The number of nitrogens with two attached hydrogens (primary N) is 1. The molecule has 0 aromatic heterocycles. The summed E-state index contributed by atoms with van der Waals surface area (Å²) in [5.41, 5.74) is 4.60. The SMILES string of the molecule is CSCCC(NC(=O)C(CCC(=O)OC(C)(C)C)NC(C)=O)C(=O)N1CCCC1C(=O)NC(CS)C(N)=O. The number of carbonyl (C=O) groups is 6. The van der Waals surface area contributed by atoms with Crippen LogP contribution in [0, 0.1) is 0 Å². The number of rotatable bonds is 14. The van der Waals surface area contributed by atoms with Crippen LogP contribution in [-0.2, 0) is 33.5 Å². The number of nitrogens with one attached hydrogen (secondary N) is 3. The quantitative estimate of drug-likeness (QED) is 0.139. The molecule has 1 rings (SSSR count). The molecule has 12 nitrogen and oxygen atoms in total. The minimum atomic E-state index is -1.06. The van der Waals surface area contributed by atoms with Gasteiger partial charge in [0.15, 0.2) is 0 Å². The molecule has 1 saturated heterocycles. The van der Waals surface area contributed by atoms with Crippen LogP contribution in [0.2, 0.25) is 0 Å². The fourth-order valence-corrected chi connectivity index (χ4v) is 4.65. The highest BCUT2D eigenvalue weighted by Crippen LogP contribution is 2.20. The molecule has 38 heavy (non-hydrogen) atoms. The standard InChI is InChI=1S/C24H41N5O7S2/c1-14(30)26-15(8-9-19(31)36-24(2,3)4)21(33)27-16(10-12-38-5)23(35)29-11-6-7-18(29)22(34)28-17(13-37)20(25)32/h15-18,37H,6-13H2,1-5H3,(H2,25,32)(H,26,30)(H,27,33)(H,28,34). The third-order valence-corrected chi connectivity index (χ3v) is 6.67. The molecule has 0 aromatic rings. The zero-order chi connectivity index (χ0) is 29.0. The van der Waals surface area contributed by atoms with Crippen molar-refractivity contribution in [3.05, 3.63) is 0 Å². The maximum atomic E-state index is 13.5. The minimum Gasteiger partial charge on any atom is -0.460 e. The fourth-order valence-electron chi connectivity index (χ4n) is 3.91. The van der Waals surface area contributed by atoms with Gasteiger partial charge in [-0.25, -0.2) is 0 Å². The van der Waals surface area contributed by atoms with Crippen LogP contribution in [-0.4, -0.2) is 94.5 Å². The molecular formula is C24H41N5O7S2. The summed E-state index contributed by atoms with van der Waals surface area (Å²) < 4.78 is 5.28. The Kier molecular flexibility index (Phi) is 14.0. The molecule has 1 aliphatic heterocycles. The van der Waals surface area contributed by atoms with Gasteiger partial charge in [-0.05, 0) is 58.5 Å². The molecule has 1 aliphatic rings. The Balaban J connectivity index is 3.00. The van der Waals surface area contributed by atoms with Crippen molar-refractivity contribution in [3.63, 3.8) is 0 Å². The maximum Gasteiger partial charge on any atom is 0.306 e. The lowest BCUT2D eigenvalue weighted by atomic mass is 10.1. The number of carbonyl (C=O) groups excluding carboxylic acids is 6. The lowest BCUT2D eigenvalue weighted by Gasteiger charge is -2.30. The average molecular weight is 576 g/mol. The van der Waals surface area contributed by atoms with Crippen molar-refractivity contribution < 1.29 is 33.5 Å². The number of hydrogen-bond donors (Lipinski definition) is 5. The van der Waals surface area contributed by atoms with Crippen molar-refractivity contribution in [3.8, 4) is 0 Å². The number of esters is 1. The van der Waals surface area contributed by atoms with E-state index in [0.29, 0.717) is 25.1 Å². The van der Waals surface area contributed by atoms with E-state index in [9.17, 15) is 28.8 Å². The summed E-state index contributed by atoms with van der Waals surface area (Å²) in [4.78, 5) is 76.3.